The average Bonchev–Trinajstić information content (AvgIpc) is 2.56. The third-order valence-electron chi connectivity index (χ3n) is 4.90. The topological polar surface area (TPSA) is 3.24 Å². The standard InChI is InChI=1S/C20H24ClN/c1-16-11-13-22(14-12-17-5-3-2-4-6-17)15-20(16)18-7-9-19(21)10-8-18/h2-10,16,20H,11-15H2,1H3. The molecule has 2 aromatic rings. The smallest absolute Gasteiger partial charge is 0.0406 e. The minimum atomic E-state index is 0.627. The highest BCUT2D eigenvalue weighted by Crippen LogP contribution is 2.32. The molecule has 22 heavy (non-hydrogen) atoms. The summed E-state index contributed by atoms with van der Waals surface area (Å²) in [7, 11) is 0. The van der Waals surface area contributed by atoms with Crippen LogP contribution < -0.4 is 0 Å². The molecule has 1 heterocycles. The van der Waals surface area contributed by atoms with Crippen molar-refractivity contribution in [2.75, 3.05) is 19.6 Å². The van der Waals surface area contributed by atoms with Gasteiger partial charge in [-0.3, -0.25) is 0 Å². The SMILES string of the molecule is CC1CCN(CCc2ccccc2)CC1c1ccc(Cl)cc1. The van der Waals surface area contributed by atoms with E-state index in [9.17, 15) is 0 Å². The van der Waals surface area contributed by atoms with Crippen molar-refractivity contribution in [3.63, 3.8) is 0 Å². The van der Waals surface area contributed by atoms with E-state index in [1.165, 1.54) is 24.1 Å². The lowest BCUT2D eigenvalue weighted by atomic mass is 9.82. The monoisotopic (exact) mass is 313 g/mol. The molecule has 0 aliphatic carbocycles. The fourth-order valence-electron chi connectivity index (χ4n) is 3.42. The van der Waals surface area contributed by atoms with Gasteiger partial charge in [0, 0.05) is 18.1 Å². The molecule has 1 saturated heterocycles. The van der Waals surface area contributed by atoms with Gasteiger partial charge in [0.25, 0.3) is 0 Å². The van der Waals surface area contributed by atoms with E-state index in [-0.39, 0.29) is 0 Å². The lowest BCUT2D eigenvalue weighted by molar-refractivity contribution is 0.169. The lowest BCUT2D eigenvalue weighted by Gasteiger charge is -2.37. The van der Waals surface area contributed by atoms with Crippen molar-refractivity contribution in [1.29, 1.82) is 0 Å². The summed E-state index contributed by atoms with van der Waals surface area (Å²) < 4.78 is 0. The maximum absolute atomic E-state index is 6.02. The molecule has 0 aromatic heterocycles. The number of nitrogens with zero attached hydrogens (tertiary/aromatic N) is 1. The van der Waals surface area contributed by atoms with Gasteiger partial charge in [0.05, 0.1) is 0 Å². The van der Waals surface area contributed by atoms with Crippen LogP contribution in [0.25, 0.3) is 0 Å². The molecular formula is C20H24ClN. The van der Waals surface area contributed by atoms with Gasteiger partial charge in [-0.2, -0.15) is 0 Å². The Balaban J connectivity index is 1.62. The van der Waals surface area contributed by atoms with E-state index >= 15 is 0 Å². The number of benzene rings is 2. The molecule has 2 unspecified atom stereocenters. The van der Waals surface area contributed by atoms with Crippen LogP contribution in [0.3, 0.4) is 0 Å². The molecule has 1 aliphatic rings. The molecule has 0 spiro atoms. The van der Waals surface area contributed by atoms with E-state index in [4.69, 9.17) is 11.6 Å². The van der Waals surface area contributed by atoms with Crippen molar-refractivity contribution >= 4 is 11.6 Å². The number of hydrogen-bond donors (Lipinski definition) is 0. The van der Waals surface area contributed by atoms with E-state index in [1.807, 2.05) is 12.1 Å². The third kappa shape index (κ3) is 3.91. The van der Waals surface area contributed by atoms with Crippen molar-refractivity contribution in [3.05, 3.63) is 70.7 Å². The molecule has 116 valence electrons. The molecule has 3 rings (SSSR count). The lowest BCUT2D eigenvalue weighted by Crippen LogP contribution is -2.39. The Hall–Kier alpha value is -1.31. The van der Waals surface area contributed by atoms with Crippen LogP contribution >= 0.6 is 11.6 Å². The van der Waals surface area contributed by atoms with Crippen molar-refractivity contribution in [2.24, 2.45) is 5.92 Å². The number of halogens is 1. The summed E-state index contributed by atoms with van der Waals surface area (Å²) in [6.45, 7) is 5.92. The first kappa shape index (κ1) is 15.6. The van der Waals surface area contributed by atoms with Gasteiger partial charge in [0.15, 0.2) is 0 Å². The summed E-state index contributed by atoms with van der Waals surface area (Å²) in [4.78, 5) is 2.62. The highest BCUT2D eigenvalue weighted by molar-refractivity contribution is 6.30. The zero-order valence-electron chi connectivity index (χ0n) is 13.2. The van der Waals surface area contributed by atoms with E-state index in [0.29, 0.717) is 5.92 Å². The summed E-state index contributed by atoms with van der Waals surface area (Å²) in [5.74, 6) is 1.37. The van der Waals surface area contributed by atoms with Crippen molar-refractivity contribution in [2.45, 2.75) is 25.7 Å². The Morgan fingerprint density at radius 3 is 2.50 bits per heavy atom. The summed E-state index contributed by atoms with van der Waals surface area (Å²) in [6.07, 6.45) is 2.42. The van der Waals surface area contributed by atoms with Gasteiger partial charge >= 0.3 is 0 Å². The first-order valence-corrected chi connectivity index (χ1v) is 8.62. The second-order valence-corrected chi connectivity index (χ2v) is 6.90. The quantitative estimate of drug-likeness (QED) is 0.767. The normalized spacial score (nSPS) is 22.6. The molecular weight excluding hydrogens is 290 g/mol. The van der Waals surface area contributed by atoms with Crippen LogP contribution in [0.2, 0.25) is 5.02 Å². The highest BCUT2D eigenvalue weighted by atomic mass is 35.5. The minimum Gasteiger partial charge on any atom is -0.302 e. The molecule has 0 N–H and O–H groups in total. The minimum absolute atomic E-state index is 0.627. The number of likely N-dealkylation sites (tertiary alicyclic amines) is 1. The van der Waals surface area contributed by atoms with E-state index in [1.54, 1.807) is 0 Å². The van der Waals surface area contributed by atoms with Gasteiger partial charge < -0.3 is 4.90 Å². The molecule has 2 atom stereocenters. The van der Waals surface area contributed by atoms with Gasteiger partial charge in [0.2, 0.25) is 0 Å². The summed E-state index contributed by atoms with van der Waals surface area (Å²) in [5, 5.41) is 0.827. The molecule has 2 heteroatoms. The largest absolute Gasteiger partial charge is 0.302 e. The Morgan fingerprint density at radius 2 is 1.77 bits per heavy atom. The Kier molecular flexibility index (Phi) is 5.17. The Bertz CT molecular complexity index is 578. The van der Waals surface area contributed by atoms with Crippen LogP contribution in [0, 0.1) is 5.92 Å². The third-order valence-corrected chi connectivity index (χ3v) is 5.15. The Labute approximate surface area is 138 Å². The maximum atomic E-state index is 6.02. The molecule has 2 aromatic carbocycles. The van der Waals surface area contributed by atoms with Crippen LogP contribution in [-0.4, -0.2) is 24.5 Å². The predicted octanol–water partition coefficient (Wildman–Crippen LogP) is 5.01. The van der Waals surface area contributed by atoms with Crippen LogP contribution in [-0.2, 0) is 6.42 Å². The summed E-state index contributed by atoms with van der Waals surface area (Å²) in [6, 6.07) is 19.2. The average molecular weight is 314 g/mol. The van der Waals surface area contributed by atoms with Gasteiger partial charge in [-0.05, 0) is 54.5 Å². The predicted molar refractivity (Wildman–Crippen MR) is 94.6 cm³/mol. The molecule has 0 saturated carbocycles. The fourth-order valence-corrected chi connectivity index (χ4v) is 3.54. The molecule has 0 radical (unpaired) electrons. The van der Waals surface area contributed by atoms with Crippen LogP contribution in [0.1, 0.15) is 30.4 Å². The van der Waals surface area contributed by atoms with Crippen molar-refractivity contribution in [3.8, 4) is 0 Å². The van der Waals surface area contributed by atoms with Gasteiger partial charge in [-0.1, -0.05) is 61.0 Å². The zero-order chi connectivity index (χ0) is 15.4. The Morgan fingerprint density at radius 1 is 1.05 bits per heavy atom. The second-order valence-electron chi connectivity index (χ2n) is 6.46. The molecule has 1 nitrogen and oxygen atoms in total. The number of rotatable bonds is 4. The van der Waals surface area contributed by atoms with E-state index in [2.05, 4.69) is 54.3 Å². The molecule has 1 fully saturated rings. The number of hydrogen-bond acceptors (Lipinski definition) is 1. The van der Waals surface area contributed by atoms with Crippen LogP contribution in [0.5, 0.6) is 0 Å². The van der Waals surface area contributed by atoms with Crippen molar-refractivity contribution in [1.82, 2.24) is 4.90 Å². The van der Waals surface area contributed by atoms with E-state index < -0.39 is 0 Å². The second kappa shape index (κ2) is 7.30. The number of piperidine rings is 1. The summed E-state index contributed by atoms with van der Waals surface area (Å²) >= 11 is 6.02. The first-order chi connectivity index (χ1) is 10.7. The van der Waals surface area contributed by atoms with E-state index in [0.717, 1.165) is 30.5 Å². The molecule has 0 amide bonds. The first-order valence-electron chi connectivity index (χ1n) is 8.24. The highest BCUT2D eigenvalue weighted by Gasteiger charge is 2.27. The zero-order valence-corrected chi connectivity index (χ0v) is 14.0. The molecule has 0 bridgehead atoms. The van der Waals surface area contributed by atoms with Crippen LogP contribution in [0.4, 0.5) is 0 Å². The summed E-state index contributed by atoms with van der Waals surface area (Å²) in [5.41, 5.74) is 2.87. The maximum Gasteiger partial charge on any atom is 0.0406 e. The van der Waals surface area contributed by atoms with Gasteiger partial charge in [-0.25, -0.2) is 0 Å². The van der Waals surface area contributed by atoms with Gasteiger partial charge in [-0.15, -0.1) is 0 Å². The molecule has 1 aliphatic heterocycles. The van der Waals surface area contributed by atoms with Gasteiger partial charge in [0.1, 0.15) is 0 Å². The van der Waals surface area contributed by atoms with Crippen LogP contribution in [0.15, 0.2) is 54.6 Å². The fraction of sp³-hybridized carbons (Fsp3) is 0.400. The van der Waals surface area contributed by atoms with Crippen molar-refractivity contribution < 1.29 is 0 Å².